The first-order valence-electron chi connectivity index (χ1n) is 7.87. The number of nitrogens with one attached hydrogen (secondary N) is 2. The average Bonchev–Trinajstić information content (AvgIpc) is 3.20. The maximum atomic E-state index is 11.9. The number of carbonyl (C=O) groups excluding carboxylic acids is 1. The summed E-state index contributed by atoms with van der Waals surface area (Å²) >= 11 is 0. The summed E-state index contributed by atoms with van der Waals surface area (Å²) in [6.07, 6.45) is 5.00. The van der Waals surface area contributed by atoms with Gasteiger partial charge in [0, 0.05) is 24.8 Å². The summed E-state index contributed by atoms with van der Waals surface area (Å²) in [5.74, 6) is 0.791. The van der Waals surface area contributed by atoms with E-state index in [1.807, 2.05) is 42.5 Å². The van der Waals surface area contributed by atoms with E-state index >= 15 is 0 Å². The molecule has 2 N–H and O–H groups in total. The van der Waals surface area contributed by atoms with E-state index in [1.54, 1.807) is 25.8 Å². The first-order chi connectivity index (χ1) is 12.2. The van der Waals surface area contributed by atoms with Crippen LogP contribution in [0.2, 0.25) is 0 Å². The third kappa shape index (κ3) is 4.60. The maximum absolute atomic E-state index is 11.9. The molecule has 1 aromatic carbocycles. The summed E-state index contributed by atoms with van der Waals surface area (Å²) in [6, 6.07) is 13.0. The van der Waals surface area contributed by atoms with Gasteiger partial charge >= 0.3 is 6.03 Å². The van der Waals surface area contributed by atoms with E-state index < -0.39 is 0 Å². The second kappa shape index (κ2) is 8.01. The van der Waals surface area contributed by atoms with Crippen molar-refractivity contribution in [1.82, 2.24) is 15.6 Å². The molecule has 128 valence electrons. The van der Waals surface area contributed by atoms with Crippen molar-refractivity contribution >= 4 is 6.03 Å². The van der Waals surface area contributed by atoms with Crippen molar-refractivity contribution in [2.45, 2.75) is 13.1 Å². The Morgan fingerprint density at radius 3 is 2.36 bits per heavy atom. The quantitative estimate of drug-likeness (QED) is 0.723. The Morgan fingerprint density at radius 1 is 1.04 bits per heavy atom. The summed E-state index contributed by atoms with van der Waals surface area (Å²) in [6.45, 7) is 0.862. The molecule has 0 radical (unpaired) electrons. The Morgan fingerprint density at radius 2 is 1.76 bits per heavy atom. The fourth-order valence-electron chi connectivity index (χ4n) is 2.28. The zero-order valence-corrected chi connectivity index (χ0v) is 13.9. The lowest BCUT2D eigenvalue weighted by Gasteiger charge is -2.08. The molecule has 0 fully saturated rings. The highest BCUT2D eigenvalue weighted by Crippen LogP contribution is 2.17. The van der Waals surface area contributed by atoms with Crippen molar-refractivity contribution < 1.29 is 13.9 Å². The predicted molar refractivity (Wildman–Crippen MR) is 94.0 cm³/mol. The minimum absolute atomic E-state index is 0.227. The van der Waals surface area contributed by atoms with Gasteiger partial charge < -0.3 is 19.8 Å². The average molecular weight is 337 g/mol. The van der Waals surface area contributed by atoms with E-state index in [1.165, 1.54) is 0 Å². The second-order valence-electron chi connectivity index (χ2n) is 5.45. The van der Waals surface area contributed by atoms with Gasteiger partial charge in [0.25, 0.3) is 0 Å². The van der Waals surface area contributed by atoms with Crippen molar-refractivity contribution in [3.63, 3.8) is 0 Å². The van der Waals surface area contributed by atoms with Gasteiger partial charge in [0.15, 0.2) is 0 Å². The van der Waals surface area contributed by atoms with Crippen LogP contribution in [-0.2, 0) is 13.1 Å². The zero-order chi connectivity index (χ0) is 17.5. The molecular weight excluding hydrogens is 318 g/mol. The second-order valence-corrected chi connectivity index (χ2v) is 5.45. The highest BCUT2D eigenvalue weighted by atomic mass is 16.5. The summed E-state index contributed by atoms with van der Waals surface area (Å²) in [5, 5.41) is 5.63. The van der Waals surface area contributed by atoms with Crippen molar-refractivity contribution in [3.05, 3.63) is 72.3 Å². The molecule has 0 aliphatic carbocycles. The molecule has 0 atom stereocenters. The van der Waals surface area contributed by atoms with Crippen LogP contribution in [-0.4, -0.2) is 18.1 Å². The van der Waals surface area contributed by atoms with Crippen LogP contribution in [0.15, 0.2) is 65.6 Å². The Labute approximate surface area is 145 Å². The molecule has 0 spiro atoms. The topological polar surface area (TPSA) is 76.4 Å². The van der Waals surface area contributed by atoms with Crippen LogP contribution in [0.1, 0.15) is 11.1 Å². The highest BCUT2D eigenvalue weighted by Gasteiger charge is 2.03. The molecule has 6 nitrogen and oxygen atoms in total. The highest BCUT2D eigenvalue weighted by molar-refractivity contribution is 5.73. The number of methoxy groups -OCH3 is 1. The van der Waals surface area contributed by atoms with Crippen LogP contribution in [0.25, 0.3) is 11.3 Å². The number of pyridine rings is 1. The SMILES string of the molecule is COc1ccc(CNC(=O)NCc2ccc(-c3ccoc3)nc2)cc1. The molecule has 3 rings (SSSR count). The number of ether oxygens (including phenoxy) is 1. The molecule has 2 heterocycles. The van der Waals surface area contributed by atoms with E-state index in [9.17, 15) is 4.79 Å². The number of benzene rings is 1. The Kier molecular flexibility index (Phi) is 5.31. The third-order valence-electron chi connectivity index (χ3n) is 3.71. The number of furan rings is 1. The standard InChI is InChI=1S/C19H19N3O3/c1-24-17-5-2-14(3-6-17)10-21-19(23)22-12-15-4-7-18(20-11-15)16-8-9-25-13-16/h2-9,11,13H,10,12H2,1H3,(H2,21,22,23). The van der Waals surface area contributed by atoms with Crippen LogP contribution in [0.5, 0.6) is 5.75 Å². The summed E-state index contributed by atoms with van der Waals surface area (Å²) in [5.41, 5.74) is 3.69. The Balaban J connectivity index is 1.45. The van der Waals surface area contributed by atoms with Crippen LogP contribution in [0.4, 0.5) is 4.79 Å². The molecule has 0 aliphatic heterocycles. The molecule has 3 aromatic rings. The van der Waals surface area contributed by atoms with Gasteiger partial charge in [-0.05, 0) is 35.4 Å². The van der Waals surface area contributed by atoms with Crippen molar-refractivity contribution in [1.29, 1.82) is 0 Å². The number of carbonyl (C=O) groups is 1. The summed E-state index contributed by atoms with van der Waals surface area (Å²) < 4.78 is 10.1. The van der Waals surface area contributed by atoms with Crippen LogP contribution >= 0.6 is 0 Å². The molecule has 2 aromatic heterocycles. The first-order valence-corrected chi connectivity index (χ1v) is 7.87. The number of urea groups is 1. The van der Waals surface area contributed by atoms with Crippen molar-refractivity contribution in [2.24, 2.45) is 0 Å². The van der Waals surface area contributed by atoms with Gasteiger partial charge in [-0.1, -0.05) is 18.2 Å². The largest absolute Gasteiger partial charge is 0.497 e. The number of hydrogen-bond donors (Lipinski definition) is 2. The van der Waals surface area contributed by atoms with Gasteiger partial charge in [0.2, 0.25) is 0 Å². The fraction of sp³-hybridized carbons (Fsp3) is 0.158. The van der Waals surface area contributed by atoms with E-state index in [4.69, 9.17) is 9.15 Å². The van der Waals surface area contributed by atoms with Gasteiger partial charge in [0.05, 0.1) is 25.3 Å². The van der Waals surface area contributed by atoms with E-state index in [0.29, 0.717) is 13.1 Å². The molecule has 2 amide bonds. The first kappa shape index (κ1) is 16.6. The lowest BCUT2D eigenvalue weighted by Crippen LogP contribution is -2.34. The van der Waals surface area contributed by atoms with Crippen LogP contribution in [0, 0.1) is 0 Å². The molecule has 0 unspecified atom stereocenters. The molecule has 0 aliphatic rings. The van der Waals surface area contributed by atoms with Gasteiger partial charge in [0.1, 0.15) is 5.75 Å². The molecule has 0 saturated heterocycles. The van der Waals surface area contributed by atoms with Gasteiger partial charge in [-0.2, -0.15) is 0 Å². The molecule has 25 heavy (non-hydrogen) atoms. The van der Waals surface area contributed by atoms with Gasteiger partial charge in [-0.15, -0.1) is 0 Å². The smallest absolute Gasteiger partial charge is 0.315 e. The Bertz CT molecular complexity index is 797. The third-order valence-corrected chi connectivity index (χ3v) is 3.71. The predicted octanol–water partition coefficient (Wildman–Crippen LogP) is 3.35. The van der Waals surface area contributed by atoms with Crippen LogP contribution in [0.3, 0.4) is 0 Å². The summed E-state index contributed by atoms with van der Waals surface area (Å²) in [7, 11) is 1.62. The molecular formula is C19H19N3O3. The number of nitrogens with zero attached hydrogens (tertiary/aromatic N) is 1. The minimum Gasteiger partial charge on any atom is -0.497 e. The van der Waals surface area contributed by atoms with E-state index in [-0.39, 0.29) is 6.03 Å². The van der Waals surface area contributed by atoms with Crippen molar-refractivity contribution in [2.75, 3.05) is 7.11 Å². The molecule has 6 heteroatoms. The summed E-state index contributed by atoms with van der Waals surface area (Å²) in [4.78, 5) is 16.3. The van der Waals surface area contributed by atoms with Gasteiger partial charge in [-0.25, -0.2) is 4.79 Å². The van der Waals surface area contributed by atoms with E-state index in [0.717, 1.165) is 28.1 Å². The molecule has 0 bridgehead atoms. The number of rotatable bonds is 6. The van der Waals surface area contributed by atoms with Gasteiger partial charge in [-0.3, -0.25) is 4.98 Å². The Hall–Kier alpha value is -3.28. The minimum atomic E-state index is -0.227. The number of hydrogen-bond acceptors (Lipinski definition) is 4. The monoisotopic (exact) mass is 337 g/mol. The normalized spacial score (nSPS) is 10.3. The zero-order valence-electron chi connectivity index (χ0n) is 13.9. The lowest BCUT2D eigenvalue weighted by atomic mass is 10.2. The van der Waals surface area contributed by atoms with Crippen molar-refractivity contribution in [3.8, 4) is 17.0 Å². The van der Waals surface area contributed by atoms with E-state index in [2.05, 4.69) is 15.6 Å². The number of aromatic nitrogens is 1. The maximum Gasteiger partial charge on any atom is 0.315 e. The van der Waals surface area contributed by atoms with Crippen LogP contribution < -0.4 is 15.4 Å². The fourth-order valence-corrected chi connectivity index (χ4v) is 2.28. The molecule has 0 saturated carbocycles. The number of amides is 2. The lowest BCUT2D eigenvalue weighted by molar-refractivity contribution is 0.240.